The molecule has 3 aromatic rings. The summed E-state index contributed by atoms with van der Waals surface area (Å²) in [5.41, 5.74) is 0.688. The summed E-state index contributed by atoms with van der Waals surface area (Å²) >= 11 is 0. The zero-order valence-electron chi connectivity index (χ0n) is 9.20. The number of carboxylic acid groups (broad SMARTS) is 1. The predicted molar refractivity (Wildman–Crippen MR) is 64.2 cm³/mol. The highest BCUT2D eigenvalue weighted by molar-refractivity contribution is 5.88. The molecule has 0 aliphatic rings. The van der Waals surface area contributed by atoms with Crippen molar-refractivity contribution in [3.05, 3.63) is 48.4 Å². The van der Waals surface area contributed by atoms with Crippen LogP contribution in [0.2, 0.25) is 0 Å². The van der Waals surface area contributed by atoms with Gasteiger partial charge in [-0.05, 0) is 17.5 Å². The molecule has 2 aromatic heterocycles. The van der Waals surface area contributed by atoms with E-state index in [4.69, 9.17) is 9.63 Å². The van der Waals surface area contributed by atoms with E-state index in [-0.39, 0.29) is 5.69 Å². The van der Waals surface area contributed by atoms with E-state index >= 15 is 0 Å². The fourth-order valence-electron chi connectivity index (χ4n) is 1.75. The number of aromatic nitrogens is 2. The lowest BCUT2D eigenvalue weighted by molar-refractivity contribution is 0.0686. The second kappa shape index (κ2) is 3.96. The van der Waals surface area contributed by atoms with E-state index in [1.165, 1.54) is 6.07 Å². The van der Waals surface area contributed by atoms with Gasteiger partial charge in [-0.25, -0.2) is 4.79 Å². The Labute approximate surface area is 102 Å². The van der Waals surface area contributed by atoms with Gasteiger partial charge >= 0.3 is 5.97 Å². The zero-order chi connectivity index (χ0) is 12.5. The molecule has 1 aromatic carbocycles. The van der Waals surface area contributed by atoms with Gasteiger partial charge in [0, 0.05) is 29.4 Å². The molecule has 0 radical (unpaired) electrons. The Bertz CT molecular complexity index is 734. The zero-order valence-corrected chi connectivity index (χ0v) is 9.20. The number of benzene rings is 1. The summed E-state index contributed by atoms with van der Waals surface area (Å²) in [4.78, 5) is 14.8. The Hall–Kier alpha value is -2.69. The molecule has 0 fully saturated rings. The van der Waals surface area contributed by atoms with E-state index in [0.29, 0.717) is 5.76 Å². The number of pyridine rings is 1. The maximum Gasteiger partial charge on any atom is 0.358 e. The first-order valence-electron chi connectivity index (χ1n) is 5.28. The molecule has 2 heterocycles. The van der Waals surface area contributed by atoms with E-state index in [1.54, 1.807) is 12.4 Å². The van der Waals surface area contributed by atoms with Crippen molar-refractivity contribution in [3.63, 3.8) is 0 Å². The average Bonchev–Trinajstić information content (AvgIpc) is 2.88. The normalized spacial score (nSPS) is 10.7. The van der Waals surface area contributed by atoms with Gasteiger partial charge < -0.3 is 9.63 Å². The smallest absolute Gasteiger partial charge is 0.358 e. The van der Waals surface area contributed by atoms with Gasteiger partial charge in [0.1, 0.15) is 0 Å². The molecule has 5 heteroatoms. The lowest BCUT2D eigenvalue weighted by Crippen LogP contribution is -1.94. The van der Waals surface area contributed by atoms with Crippen LogP contribution in [0.25, 0.3) is 22.1 Å². The van der Waals surface area contributed by atoms with Crippen LogP contribution in [0.15, 0.2) is 47.2 Å². The van der Waals surface area contributed by atoms with E-state index < -0.39 is 5.97 Å². The quantitative estimate of drug-likeness (QED) is 0.745. The minimum Gasteiger partial charge on any atom is -0.476 e. The van der Waals surface area contributed by atoms with Gasteiger partial charge in [-0.1, -0.05) is 17.3 Å². The molecular formula is C13H8N2O3. The first-order chi connectivity index (χ1) is 8.74. The van der Waals surface area contributed by atoms with Gasteiger partial charge in [0.25, 0.3) is 0 Å². The van der Waals surface area contributed by atoms with Crippen molar-refractivity contribution in [1.29, 1.82) is 0 Å². The Morgan fingerprint density at radius 2 is 2.06 bits per heavy atom. The lowest BCUT2D eigenvalue weighted by atomic mass is 10.1. The Morgan fingerprint density at radius 1 is 1.17 bits per heavy atom. The van der Waals surface area contributed by atoms with Gasteiger partial charge in [0.05, 0.1) is 0 Å². The van der Waals surface area contributed by atoms with Crippen LogP contribution >= 0.6 is 0 Å². The van der Waals surface area contributed by atoms with Crippen LogP contribution in [0.5, 0.6) is 0 Å². The van der Waals surface area contributed by atoms with Crippen molar-refractivity contribution < 1.29 is 14.4 Å². The number of hydrogen-bond acceptors (Lipinski definition) is 4. The SMILES string of the molecule is O=C(O)c1cc(-c2ccc3cnccc3c2)on1. The van der Waals surface area contributed by atoms with Gasteiger partial charge in [-0.2, -0.15) is 0 Å². The number of rotatable bonds is 2. The highest BCUT2D eigenvalue weighted by atomic mass is 16.5. The summed E-state index contributed by atoms with van der Waals surface area (Å²) in [5, 5.41) is 14.3. The molecule has 5 nitrogen and oxygen atoms in total. The van der Waals surface area contributed by atoms with Gasteiger partial charge in [0.15, 0.2) is 11.5 Å². The monoisotopic (exact) mass is 240 g/mol. The summed E-state index contributed by atoms with van der Waals surface area (Å²) < 4.78 is 5.01. The van der Waals surface area contributed by atoms with Crippen molar-refractivity contribution in [1.82, 2.24) is 10.1 Å². The average molecular weight is 240 g/mol. The molecule has 18 heavy (non-hydrogen) atoms. The standard InChI is InChI=1S/C13H8N2O3/c16-13(17)11-6-12(18-15-11)9-1-2-10-7-14-4-3-8(10)5-9/h1-7H,(H,16,17). The number of carbonyl (C=O) groups is 1. The van der Waals surface area contributed by atoms with E-state index in [9.17, 15) is 4.79 Å². The summed E-state index contributed by atoms with van der Waals surface area (Å²) in [5.74, 6) is -0.666. The summed E-state index contributed by atoms with van der Waals surface area (Å²) in [6, 6.07) is 8.94. The topological polar surface area (TPSA) is 76.2 Å². The highest BCUT2D eigenvalue weighted by Crippen LogP contribution is 2.24. The van der Waals surface area contributed by atoms with Crippen LogP contribution in [0.4, 0.5) is 0 Å². The molecule has 0 aliphatic heterocycles. The third-order valence-electron chi connectivity index (χ3n) is 2.65. The van der Waals surface area contributed by atoms with E-state index in [2.05, 4.69) is 10.1 Å². The van der Waals surface area contributed by atoms with Crippen molar-refractivity contribution in [2.75, 3.05) is 0 Å². The number of hydrogen-bond donors (Lipinski definition) is 1. The summed E-state index contributed by atoms with van der Waals surface area (Å²) in [6.45, 7) is 0. The molecule has 3 rings (SSSR count). The minimum atomic E-state index is -1.10. The number of fused-ring (bicyclic) bond motifs is 1. The van der Waals surface area contributed by atoms with Crippen molar-refractivity contribution in [3.8, 4) is 11.3 Å². The maximum absolute atomic E-state index is 10.7. The number of nitrogens with zero attached hydrogens (tertiary/aromatic N) is 2. The van der Waals surface area contributed by atoms with Crippen LogP contribution in [0.1, 0.15) is 10.5 Å². The Balaban J connectivity index is 2.10. The number of carboxylic acids is 1. The molecule has 1 N–H and O–H groups in total. The van der Waals surface area contributed by atoms with Crippen molar-refractivity contribution >= 4 is 16.7 Å². The minimum absolute atomic E-state index is 0.0974. The van der Waals surface area contributed by atoms with Gasteiger partial charge in [-0.3, -0.25) is 4.98 Å². The molecule has 88 valence electrons. The largest absolute Gasteiger partial charge is 0.476 e. The van der Waals surface area contributed by atoms with Crippen LogP contribution in [0, 0.1) is 0 Å². The van der Waals surface area contributed by atoms with Gasteiger partial charge in [0.2, 0.25) is 0 Å². The molecular weight excluding hydrogens is 232 g/mol. The van der Waals surface area contributed by atoms with E-state index in [0.717, 1.165) is 16.3 Å². The third kappa shape index (κ3) is 1.71. The van der Waals surface area contributed by atoms with Gasteiger partial charge in [-0.15, -0.1) is 0 Å². The highest BCUT2D eigenvalue weighted by Gasteiger charge is 2.12. The predicted octanol–water partition coefficient (Wildman–Crippen LogP) is 2.59. The molecule has 0 unspecified atom stereocenters. The molecule has 0 aliphatic carbocycles. The lowest BCUT2D eigenvalue weighted by Gasteiger charge is -1.99. The second-order valence-electron chi connectivity index (χ2n) is 3.82. The first kappa shape index (κ1) is 10.5. The van der Waals surface area contributed by atoms with Crippen LogP contribution in [-0.2, 0) is 0 Å². The van der Waals surface area contributed by atoms with Crippen molar-refractivity contribution in [2.45, 2.75) is 0 Å². The van der Waals surface area contributed by atoms with Crippen LogP contribution < -0.4 is 0 Å². The van der Waals surface area contributed by atoms with E-state index in [1.807, 2.05) is 24.3 Å². The Kier molecular flexibility index (Phi) is 2.30. The molecule has 0 spiro atoms. The third-order valence-corrected chi connectivity index (χ3v) is 2.65. The molecule has 0 saturated carbocycles. The summed E-state index contributed by atoms with van der Waals surface area (Å²) in [7, 11) is 0. The molecule has 0 saturated heterocycles. The van der Waals surface area contributed by atoms with Crippen molar-refractivity contribution in [2.24, 2.45) is 0 Å². The second-order valence-corrected chi connectivity index (χ2v) is 3.82. The van der Waals surface area contributed by atoms with Crippen LogP contribution in [0.3, 0.4) is 0 Å². The fraction of sp³-hybridized carbons (Fsp3) is 0. The molecule has 0 bridgehead atoms. The first-order valence-corrected chi connectivity index (χ1v) is 5.28. The number of aromatic carboxylic acids is 1. The fourth-order valence-corrected chi connectivity index (χ4v) is 1.75. The Morgan fingerprint density at radius 3 is 2.83 bits per heavy atom. The summed E-state index contributed by atoms with van der Waals surface area (Å²) in [6.07, 6.45) is 3.47. The molecule has 0 atom stereocenters. The molecule has 0 amide bonds. The van der Waals surface area contributed by atoms with Crippen LogP contribution in [-0.4, -0.2) is 21.2 Å². The maximum atomic E-state index is 10.7.